The van der Waals surface area contributed by atoms with E-state index in [9.17, 15) is 13.2 Å². The van der Waals surface area contributed by atoms with E-state index < -0.39 is 9.05 Å². The van der Waals surface area contributed by atoms with Crippen LogP contribution in [0.5, 0.6) is 0 Å². The van der Waals surface area contributed by atoms with Gasteiger partial charge in [-0.15, -0.1) is 0 Å². The molecule has 2 aromatic rings. The molecule has 1 aliphatic rings. The molecule has 0 aliphatic carbocycles. The molecule has 7 heteroatoms. The molecule has 18 heavy (non-hydrogen) atoms. The van der Waals surface area contributed by atoms with Gasteiger partial charge in [-0.25, -0.2) is 13.4 Å². The van der Waals surface area contributed by atoms with Crippen LogP contribution in [0.25, 0.3) is 10.9 Å². The Morgan fingerprint density at radius 3 is 2.83 bits per heavy atom. The number of fused-ring (bicyclic) bond motifs is 2. The Morgan fingerprint density at radius 1 is 1.33 bits per heavy atom. The first kappa shape index (κ1) is 11.7. The minimum atomic E-state index is -3.90. The highest BCUT2D eigenvalue weighted by Gasteiger charge is 2.21. The maximum atomic E-state index is 12.2. The summed E-state index contributed by atoms with van der Waals surface area (Å²) in [4.78, 5) is 16.4. The molecule has 0 bridgehead atoms. The molecule has 0 fully saturated rings. The number of nitrogens with zero attached hydrogens (tertiary/aromatic N) is 2. The average Bonchev–Trinajstić information content (AvgIpc) is 2.75. The predicted molar refractivity (Wildman–Crippen MR) is 67.4 cm³/mol. The minimum Gasteiger partial charge on any atom is -0.296 e. The third kappa shape index (κ3) is 1.64. The first-order chi connectivity index (χ1) is 8.48. The van der Waals surface area contributed by atoms with Crippen LogP contribution in [0.1, 0.15) is 12.2 Å². The van der Waals surface area contributed by atoms with Crippen molar-refractivity contribution in [2.45, 2.75) is 24.3 Å². The Labute approximate surface area is 107 Å². The topological polar surface area (TPSA) is 69.0 Å². The molecule has 0 saturated carbocycles. The van der Waals surface area contributed by atoms with Crippen molar-refractivity contribution in [1.82, 2.24) is 9.55 Å². The summed E-state index contributed by atoms with van der Waals surface area (Å²) in [5.41, 5.74) is -0.0275. The molecule has 1 aliphatic heterocycles. The van der Waals surface area contributed by atoms with Gasteiger partial charge in [-0.2, -0.15) is 0 Å². The molecule has 2 heterocycles. The smallest absolute Gasteiger partial charge is 0.263 e. The highest BCUT2D eigenvalue weighted by atomic mass is 35.7. The Hall–Kier alpha value is -1.40. The first-order valence-electron chi connectivity index (χ1n) is 5.45. The Kier molecular flexibility index (Phi) is 2.46. The third-order valence-electron chi connectivity index (χ3n) is 3.07. The molecule has 0 atom stereocenters. The van der Waals surface area contributed by atoms with E-state index in [0.29, 0.717) is 24.2 Å². The van der Waals surface area contributed by atoms with Crippen LogP contribution in [-0.4, -0.2) is 18.0 Å². The zero-order valence-corrected chi connectivity index (χ0v) is 10.8. The maximum Gasteiger partial charge on any atom is 0.263 e. The van der Waals surface area contributed by atoms with E-state index in [1.807, 2.05) is 0 Å². The van der Waals surface area contributed by atoms with E-state index in [0.717, 1.165) is 6.42 Å². The lowest BCUT2D eigenvalue weighted by atomic mass is 10.2. The van der Waals surface area contributed by atoms with Gasteiger partial charge in [-0.05, 0) is 18.6 Å². The standard InChI is InChI=1S/C11H9ClN2O3S/c12-18(16,17)8-4-1-3-7-10(8)13-9-5-2-6-14(9)11(7)15/h1,3-4H,2,5-6H2. The van der Waals surface area contributed by atoms with Gasteiger partial charge in [0.2, 0.25) is 0 Å². The van der Waals surface area contributed by atoms with Gasteiger partial charge >= 0.3 is 0 Å². The first-order valence-corrected chi connectivity index (χ1v) is 7.76. The number of hydrogen-bond donors (Lipinski definition) is 0. The second-order valence-electron chi connectivity index (χ2n) is 4.18. The zero-order valence-electron chi connectivity index (χ0n) is 9.26. The van der Waals surface area contributed by atoms with Crippen molar-refractivity contribution in [2.75, 3.05) is 0 Å². The Morgan fingerprint density at radius 2 is 2.11 bits per heavy atom. The molecule has 0 saturated heterocycles. The summed E-state index contributed by atoms with van der Waals surface area (Å²) in [6, 6.07) is 4.44. The number of aromatic nitrogens is 2. The lowest BCUT2D eigenvalue weighted by molar-refractivity contribution is 0.610. The number of para-hydroxylation sites is 1. The molecule has 94 valence electrons. The van der Waals surface area contributed by atoms with Gasteiger partial charge in [-0.3, -0.25) is 9.36 Å². The second kappa shape index (κ2) is 3.80. The molecule has 1 aromatic heterocycles. The third-order valence-corrected chi connectivity index (χ3v) is 4.43. The van der Waals surface area contributed by atoms with Crippen molar-refractivity contribution in [1.29, 1.82) is 0 Å². The van der Waals surface area contributed by atoms with Crippen LogP contribution in [0.15, 0.2) is 27.9 Å². The fourth-order valence-electron chi connectivity index (χ4n) is 2.28. The van der Waals surface area contributed by atoms with Crippen LogP contribution in [0, 0.1) is 0 Å². The van der Waals surface area contributed by atoms with Crippen molar-refractivity contribution in [3.8, 4) is 0 Å². The summed E-state index contributed by atoms with van der Waals surface area (Å²) in [6.45, 7) is 0.634. The fraction of sp³-hybridized carbons (Fsp3) is 0.273. The van der Waals surface area contributed by atoms with Gasteiger partial charge in [0.05, 0.1) is 10.9 Å². The summed E-state index contributed by atoms with van der Waals surface area (Å²) in [6.07, 6.45) is 1.53. The monoisotopic (exact) mass is 284 g/mol. The van der Waals surface area contributed by atoms with Crippen LogP contribution >= 0.6 is 10.7 Å². The van der Waals surface area contributed by atoms with E-state index >= 15 is 0 Å². The van der Waals surface area contributed by atoms with Crippen molar-refractivity contribution in [3.63, 3.8) is 0 Å². The number of aryl methyl sites for hydroxylation is 1. The second-order valence-corrected chi connectivity index (χ2v) is 6.71. The maximum absolute atomic E-state index is 12.2. The predicted octanol–water partition coefficient (Wildman–Crippen LogP) is 1.27. The van der Waals surface area contributed by atoms with Gasteiger partial charge in [0, 0.05) is 23.6 Å². The molecule has 1 aromatic carbocycles. The summed E-state index contributed by atoms with van der Waals surface area (Å²) in [5.74, 6) is 0.625. The van der Waals surface area contributed by atoms with Gasteiger partial charge in [0.25, 0.3) is 14.6 Å². The number of hydrogen-bond acceptors (Lipinski definition) is 4. The van der Waals surface area contributed by atoms with E-state index in [1.165, 1.54) is 12.1 Å². The largest absolute Gasteiger partial charge is 0.296 e. The highest BCUT2D eigenvalue weighted by Crippen LogP contribution is 2.24. The van der Waals surface area contributed by atoms with Gasteiger partial charge < -0.3 is 0 Å². The lowest BCUT2D eigenvalue weighted by Gasteiger charge is -2.06. The summed E-state index contributed by atoms with van der Waals surface area (Å²) < 4.78 is 24.5. The molecule has 0 unspecified atom stereocenters. The van der Waals surface area contributed by atoms with E-state index in [2.05, 4.69) is 4.98 Å². The molecule has 0 spiro atoms. The van der Waals surface area contributed by atoms with Gasteiger partial charge in [-0.1, -0.05) is 6.07 Å². The normalized spacial score (nSPS) is 14.9. The molecule has 0 amide bonds. The highest BCUT2D eigenvalue weighted by molar-refractivity contribution is 8.14. The van der Waals surface area contributed by atoms with Crippen LogP contribution in [-0.2, 0) is 22.0 Å². The number of halogens is 1. The van der Waals surface area contributed by atoms with Crippen molar-refractivity contribution < 1.29 is 8.42 Å². The van der Waals surface area contributed by atoms with Crippen LogP contribution < -0.4 is 5.56 Å². The minimum absolute atomic E-state index is 0.103. The van der Waals surface area contributed by atoms with Gasteiger partial charge in [0.15, 0.2) is 0 Å². The molecule has 5 nitrogen and oxygen atoms in total. The van der Waals surface area contributed by atoms with Crippen molar-refractivity contribution in [2.24, 2.45) is 0 Å². The molecular weight excluding hydrogens is 276 g/mol. The fourth-order valence-corrected chi connectivity index (χ4v) is 3.28. The number of rotatable bonds is 1. The van der Waals surface area contributed by atoms with Crippen LogP contribution in [0.2, 0.25) is 0 Å². The van der Waals surface area contributed by atoms with E-state index in [-0.39, 0.29) is 16.0 Å². The quantitative estimate of drug-likeness (QED) is 0.740. The summed E-state index contributed by atoms with van der Waals surface area (Å²) >= 11 is 0. The zero-order chi connectivity index (χ0) is 12.9. The Bertz CT molecular complexity index is 811. The average molecular weight is 285 g/mol. The SMILES string of the molecule is O=c1c2cccc(S(=O)(=O)Cl)c2nc2n1CCC2. The lowest BCUT2D eigenvalue weighted by Crippen LogP contribution is -2.21. The van der Waals surface area contributed by atoms with Crippen LogP contribution in [0.3, 0.4) is 0 Å². The summed E-state index contributed by atoms with van der Waals surface area (Å²) in [5, 5.41) is 0.294. The molecule has 0 N–H and O–H groups in total. The Balaban J connectivity index is 2.51. The number of benzene rings is 1. The van der Waals surface area contributed by atoms with Crippen molar-refractivity contribution in [3.05, 3.63) is 34.4 Å². The molecule has 3 rings (SSSR count). The molecular formula is C11H9ClN2O3S. The molecule has 0 radical (unpaired) electrons. The van der Waals surface area contributed by atoms with Crippen LogP contribution in [0.4, 0.5) is 0 Å². The van der Waals surface area contributed by atoms with Gasteiger partial charge in [0.1, 0.15) is 10.7 Å². The van der Waals surface area contributed by atoms with Crippen molar-refractivity contribution >= 4 is 30.6 Å². The summed E-state index contributed by atoms with van der Waals surface area (Å²) in [7, 11) is 1.46. The van der Waals surface area contributed by atoms with E-state index in [1.54, 1.807) is 10.6 Å². The van der Waals surface area contributed by atoms with E-state index in [4.69, 9.17) is 10.7 Å².